The van der Waals surface area contributed by atoms with Crippen LogP contribution in [0.3, 0.4) is 0 Å². The number of para-hydroxylation sites is 3. The van der Waals surface area contributed by atoms with Crippen LogP contribution in [0.5, 0.6) is 0 Å². The molecule has 146 valence electrons. The van der Waals surface area contributed by atoms with E-state index in [0.717, 1.165) is 27.4 Å². The van der Waals surface area contributed by atoms with Crippen LogP contribution in [-0.2, 0) is 19.1 Å². The van der Waals surface area contributed by atoms with Crippen molar-refractivity contribution in [2.24, 2.45) is 0 Å². The van der Waals surface area contributed by atoms with E-state index in [1.165, 1.54) is 32.8 Å². The summed E-state index contributed by atoms with van der Waals surface area (Å²) in [6.45, 7) is 2.72. The van der Waals surface area contributed by atoms with Crippen molar-refractivity contribution in [3.8, 4) is 10.8 Å². The average molecular weight is 399 g/mol. The number of methoxy groups -OCH3 is 2. The minimum Gasteiger partial charge on any atom is -0.469 e. The van der Waals surface area contributed by atoms with Gasteiger partial charge in [-0.05, 0) is 24.3 Å². The number of nitrogens with zero attached hydrogens (tertiary/aromatic N) is 2. The molecule has 7 nitrogen and oxygen atoms in total. The number of esters is 2. The minimum absolute atomic E-state index is 0.245. The summed E-state index contributed by atoms with van der Waals surface area (Å²) in [4.78, 5) is 31.7. The van der Waals surface area contributed by atoms with Gasteiger partial charge in [0.2, 0.25) is 0 Å². The van der Waals surface area contributed by atoms with Gasteiger partial charge in [-0.15, -0.1) is 11.3 Å². The lowest BCUT2D eigenvalue weighted by molar-refractivity contribution is -0.138. The van der Waals surface area contributed by atoms with Crippen molar-refractivity contribution in [1.29, 1.82) is 0 Å². The van der Waals surface area contributed by atoms with Gasteiger partial charge in [0.15, 0.2) is 10.8 Å². The predicted octanol–water partition coefficient (Wildman–Crippen LogP) is 4.20. The van der Waals surface area contributed by atoms with Crippen LogP contribution in [0.25, 0.3) is 32.1 Å². The van der Waals surface area contributed by atoms with Gasteiger partial charge in [0, 0.05) is 13.8 Å². The lowest BCUT2D eigenvalue weighted by Crippen LogP contribution is -1.88. The molecule has 0 spiro atoms. The maximum Gasteiger partial charge on any atom is 0.302 e. The number of fused-ring (bicyclic) bond motifs is 2. The number of rotatable bonds is 1. The number of H-pyrrole nitrogens is 1. The number of carbonyl (C=O) groups excluding carboxylic acids is 2. The highest BCUT2D eigenvalue weighted by molar-refractivity contribution is 7.21. The predicted molar refractivity (Wildman–Crippen MR) is 110 cm³/mol. The maximum absolute atomic E-state index is 9.59. The molecule has 0 radical (unpaired) electrons. The number of carbonyl (C=O) groups is 2. The van der Waals surface area contributed by atoms with E-state index in [9.17, 15) is 9.59 Å². The van der Waals surface area contributed by atoms with Crippen molar-refractivity contribution in [1.82, 2.24) is 15.0 Å². The molecule has 2 aromatic heterocycles. The Balaban J connectivity index is 0.000000237. The zero-order valence-electron chi connectivity index (χ0n) is 16.1. The molecular formula is C20H21N3O4S. The number of aromatic nitrogens is 3. The lowest BCUT2D eigenvalue weighted by atomic mass is 10.3. The van der Waals surface area contributed by atoms with E-state index in [4.69, 9.17) is 0 Å². The van der Waals surface area contributed by atoms with Crippen LogP contribution in [0.2, 0.25) is 0 Å². The fraction of sp³-hybridized carbons (Fsp3) is 0.200. The average Bonchev–Trinajstić information content (AvgIpc) is 3.32. The van der Waals surface area contributed by atoms with Crippen LogP contribution in [0.15, 0.2) is 48.5 Å². The van der Waals surface area contributed by atoms with Gasteiger partial charge in [0.25, 0.3) is 0 Å². The molecular weight excluding hydrogens is 378 g/mol. The highest BCUT2D eigenvalue weighted by Crippen LogP contribution is 2.29. The molecule has 2 aromatic carbocycles. The third-order valence-corrected chi connectivity index (χ3v) is 4.50. The molecule has 4 rings (SSSR count). The Morgan fingerprint density at radius 3 is 1.93 bits per heavy atom. The third kappa shape index (κ3) is 5.88. The summed E-state index contributed by atoms with van der Waals surface area (Å²) >= 11 is 1.66. The Hall–Kier alpha value is -3.26. The first-order chi connectivity index (χ1) is 13.4. The van der Waals surface area contributed by atoms with Crippen LogP contribution in [0.4, 0.5) is 0 Å². The molecule has 1 N–H and O–H groups in total. The van der Waals surface area contributed by atoms with Crippen LogP contribution in [0.1, 0.15) is 13.8 Å². The smallest absolute Gasteiger partial charge is 0.302 e. The van der Waals surface area contributed by atoms with Gasteiger partial charge in [-0.3, -0.25) is 9.59 Å². The summed E-state index contributed by atoms with van der Waals surface area (Å²) < 4.78 is 9.41. The SMILES string of the molecule is COC(C)=O.COC(C)=O.c1ccc2[nH]c(-c3nc4ccccc4s3)nc2c1. The summed E-state index contributed by atoms with van der Waals surface area (Å²) in [5.41, 5.74) is 3.05. The van der Waals surface area contributed by atoms with Crippen molar-refractivity contribution in [2.45, 2.75) is 13.8 Å². The Morgan fingerprint density at radius 2 is 1.39 bits per heavy atom. The highest BCUT2D eigenvalue weighted by Gasteiger charge is 2.09. The largest absolute Gasteiger partial charge is 0.469 e. The third-order valence-electron chi connectivity index (χ3n) is 3.46. The van der Waals surface area contributed by atoms with E-state index in [-0.39, 0.29) is 11.9 Å². The number of hydrogen-bond donors (Lipinski definition) is 1. The van der Waals surface area contributed by atoms with Crippen LogP contribution in [-0.4, -0.2) is 41.1 Å². The molecule has 2 heterocycles. The molecule has 0 atom stereocenters. The van der Waals surface area contributed by atoms with Crippen LogP contribution >= 0.6 is 11.3 Å². The monoisotopic (exact) mass is 399 g/mol. The van der Waals surface area contributed by atoms with Crippen molar-refractivity contribution in [3.05, 3.63) is 48.5 Å². The number of benzene rings is 2. The zero-order chi connectivity index (χ0) is 20.5. The second-order valence-electron chi connectivity index (χ2n) is 5.48. The Labute approximate surface area is 166 Å². The summed E-state index contributed by atoms with van der Waals surface area (Å²) in [7, 11) is 2.70. The normalized spacial score (nSPS) is 9.71. The second-order valence-corrected chi connectivity index (χ2v) is 6.51. The van der Waals surface area contributed by atoms with E-state index in [1.54, 1.807) is 11.3 Å². The number of aromatic amines is 1. The molecule has 0 aliphatic rings. The van der Waals surface area contributed by atoms with Gasteiger partial charge < -0.3 is 14.5 Å². The number of imidazole rings is 1. The molecule has 0 unspecified atom stereocenters. The fourth-order valence-corrected chi connectivity index (χ4v) is 2.94. The van der Waals surface area contributed by atoms with Gasteiger partial charge >= 0.3 is 11.9 Å². The molecule has 4 aromatic rings. The topological polar surface area (TPSA) is 94.2 Å². The Morgan fingerprint density at radius 1 is 0.857 bits per heavy atom. The van der Waals surface area contributed by atoms with Crippen LogP contribution < -0.4 is 0 Å². The van der Waals surface area contributed by atoms with E-state index in [1.807, 2.05) is 42.5 Å². The molecule has 0 amide bonds. The van der Waals surface area contributed by atoms with Gasteiger partial charge in [0.05, 0.1) is 35.5 Å². The number of thiazole rings is 1. The standard InChI is InChI=1S/C14H9N3S.2C3H6O2/c1-2-6-10-9(5-1)15-13(16-10)14-17-11-7-3-4-8-12(11)18-14;2*1-3(4)5-2/h1-8H,(H,15,16);2*1-2H3. The molecule has 0 aliphatic heterocycles. The molecule has 0 saturated heterocycles. The Kier molecular flexibility index (Phi) is 7.65. The van der Waals surface area contributed by atoms with Crippen LogP contribution in [0, 0.1) is 0 Å². The van der Waals surface area contributed by atoms with Gasteiger partial charge in [-0.25, -0.2) is 9.97 Å². The molecule has 0 fully saturated rings. The number of ether oxygens (including phenoxy) is 2. The second kappa shape index (κ2) is 10.2. The number of nitrogens with one attached hydrogen (secondary N) is 1. The summed E-state index contributed by atoms with van der Waals surface area (Å²) in [5.74, 6) is 0.354. The van der Waals surface area contributed by atoms with Gasteiger partial charge in [-0.2, -0.15) is 0 Å². The van der Waals surface area contributed by atoms with Crippen molar-refractivity contribution in [3.63, 3.8) is 0 Å². The first-order valence-corrected chi connectivity index (χ1v) is 9.16. The number of hydrogen-bond acceptors (Lipinski definition) is 7. The summed E-state index contributed by atoms with van der Waals surface area (Å²) in [6, 6.07) is 16.2. The molecule has 28 heavy (non-hydrogen) atoms. The van der Waals surface area contributed by atoms with E-state index in [0.29, 0.717) is 0 Å². The molecule has 0 aliphatic carbocycles. The molecule has 8 heteroatoms. The van der Waals surface area contributed by atoms with Gasteiger partial charge in [0.1, 0.15) is 0 Å². The summed E-state index contributed by atoms with van der Waals surface area (Å²) in [5, 5.41) is 0.937. The summed E-state index contributed by atoms with van der Waals surface area (Å²) in [6.07, 6.45) is 0. The van der Waals surface area contributed by atoms with Crippen molar-refractivity contribution in [2.75, 3.05) is 14.2 Å². The van der Waals surface area contributed by atoms with E-state index in [2.05, 4.69) is 30.5 Å². The fourth-order valence-electron chi connectivity index (χ4n) is 2.03. The maximum atomic E-state index is 9.59. The lowest BCUT2D eigenvalue weighted by Gasteiger charge is -1.85. The first-order valence-electron chi connectivity index (χ1n) is 8.34. The van der Waals surface area contributed by atoms with Gasteiger partial charge in [-0.1, -0.05) is 24.3 Å². The quantitative estimate of drug-likeness (QED) is 0.482. The van der Waals surface area contributed by atoms with E-state index >= 15 is 0 Å². The highest BCUT2D eigenvalue weighted by atomic mass is 32.1. The minimum atomic E-state index is -0.245. The zero-order valence-corrected chi connectivity index (χ0v) is 16.9. The Bertz CT molecular complexity index is 919. The molecule has 0 bridgehead atoms. The van der Waals surface area contributed by atoms with Crippen molar-refractivity contribution < 1.29 is 19.1 Å². The van der Waals surface area contributed by atoms with E-state index < -0.39 is 0 Å². The van der Waals surface area contributed by atoms with Crippen molar-refractivity contribution >= 4 is 44.5 Å². The molecule has 0 saturated carbocycles. The first kappa shape index (κ1) is 21.0.